The van der Waals surface area contributed by atoms with Crippen LogP contribution in [0.15, 0.2) is 18.2 Å². The molecule has 4 heteroatoms. The number of hydrogen-bond donors (Lipinski definition) is 2. The predicted octanol–water partition coefficient (Wildman–Crippen LogP) is 3.37. The molecule has 0 aromatic heterocycles. The van der Waals surface area contributed by atoms with Gasteiger partial charge in [0, 0.05) is 18.7 Å². The van der Waals surface area contributed by atoms with E-state index < -0.39 is 11.4 Å². The molecule has 0 saturated carbocycles. The molecule has 1 aromatic carbocycles. The summed E-state index contributed by atoms with van der Waals surface area (Å²) >= 11 is 5.70. The maximum atomic E-state index is 13.6. The van der Waals surface area contributed by atoms with Gasteiger partial charge in [-0.3, -0.25) is 0 Å². The maximum absolute atomic E-state index is 13.6. The van der Waals surface area contributed by atoms with Crippen LogP contribution in [-0.2, 0) is 6.54 Å². The minimum absolute atomic E-state index is 0.128. The Bertz CT molecular complexity index is 393. The zero-order valence-electron chi connectivity index (χ0n) is 11.1. The van der Waals surface area contributed by atoms with E-state index in [9.17, 15) is 9.50 Å². The van der Waals surface area contributed by atoms with Crippen LogP contribution in [0.4, 0.5) is 4.39 Å². The van der Waals surface area contributed by atoms with Gasteiger partial charge in [0.25, 0.3) is 0 Å². The molecular weight excluding hydrogens is 253 g/mol. The summed E-state index contributed by atoms with van der Waals surface area (Å²) in [7, 11) is 0. The molecule has 0 aliphatic carbocycles. The van der Waals surface area contributed by atoms with E-state index >= 15 is 0 Å². The SMILES string of the molecule is CC(C)CC(C)(O)CNCc1cccc(Cl)c1F. The molecule has 2 nitrogen and oxygen atoms in total. The molecule has 0 aliphatic rings. The largest absolute Gasteiger partial charge is 0.389 e. The summed E-state index contributed by atoms with van der Waals surface area (Å²) in [4.78, 5) is 0. The number of nitrogens with one attached hydrogen (secondary N) is 1. The fourth-order valence-corrected chi connectivity index (χ4v) is 2.30. The van der Waals surface area contributed by atoms with Crippen LogP contribution in [0, 0.1) is 11.7 Å². The van der Waals surface area contributed by atoms with Gasteiger partial charge in [0.1, 0.15) is 5.82 Å². The van der Waals surface area contributed by atoms with Crippen molar-refractivity contribution < 1.29 is 9.50 Å². The zero-order chi connectivity index (χ0) is 13.8. The van der Waals surface area contributed by atoms with Crippen LogP contribution in [0.1, 0.15) is 32.8 Å². The van der Waals surface area contributed by atoms with Gasteiger partial charge in [-0.05, 0) is 25.3 Å². The summed E-state index contributed by atoms with van der Waals surface area (Å²) in [6.45, 7) is 6.70. The molecule has 1 atom stereocenters. The van der Waals surface area contributed by atoms with Crippen molar-refractivity contribution in [2.45, 2.75) is 39.3 Å². The molecule has 0 radical (unpaired) electrons. The molecule has 0 spiro atoms. The fraction of sp³-hybridized carbons (Fsp3) is 0.571. The van der Waals surface area contributed by atoms with Gasteiger partial charge in [0.2, 0.25) is 0 Å². The molecule has 18 heavy (non-hydrogen) atoms. The Balaban J connectivity index is 2.49. The van der Waals surface area contributed by atoms with Gasteiger partial charge >= 0.3 is 0 Å². The lowest BCUT2D eigenvalue weighted by molar-refractivity contribution is 0.0382. The van der Waals surface area contributed by atoms with Crippen LogP contribution in [0.3, 0.4) is 0 Å². The lowest BCUT2D eigenvalue weighted by atomic mass is 9.94. The minimum Gasteiger partial charge on any atom is -0.389 e. The van der Waals surface area contributed by atoms with Gasteiger partial charge in [-0.25, -0.2) is 4.39 Å². The second kappa shape index (κ2) is 6.50. The van der Waals surface area contributed by atoms with Crippen molar-refractivity contribution >= 4 is 11.6 Å². The van der Waals surface area contributed by atoms with Gasteiger partial charge in [0.05, 0.1) is 10.6 Å². The Morgan fingerprint density at radius 2 is 2.11 bits per heavy atom. The topological polar surface area (TPSA) is 32.3 Å². The van der Waals surface area contributed by atoms with E-state index in [-0.39, 0.29) is 5.02 Å². The fourth-order valence-electron chi connectivity index (χ4n) is 2.10. The Labute approximate surface area is 113 Å². The molecule has 0 heterocycles. The van der Waals surface area contributed by atoms with Gasteiger partial charge < -0.3 is 10.4 Å². The Hall–Kier alpha value is -0.640. The third-order valence-electron chi connectivity index (χ3n) is 2.70. The molecule has 0 amide bonds. The van der Waals surface area contributed by atoms with E-state index in [2.05, 4.69) is 19.2 Å². The first-order chi connectivity index (χ1) is 8.32. The molecule has 0 saturated heterocycles. The summed E-state index contributed by atoms with van der Waals surface area (Å²) in [6.07, 6.45) is 0.706. The molecule has 0 aliphatic heterocycles. The first-order valence-electron chi connectivity index (χ1n) is 6.18. The van der Waals surface area contributed by atoms with Crippen molar-refractivity contribution in [1.29, 1.82) is 0 Å². The lowest BCUT2D eigenvalue weighted by Gasteiger charge is -2.25. The molecule has 1 aromatic rings. The third-order valence-corrected chi connectivity index (χ3v) is 2.99. The van der Waals surface area contributed by atoms with Crippen LogP contribution in [0.2, 0.25) is 5.02 Å². The van der Waals surface area contributed by atoms with Crippen molar-refractivity contribution in [1.82, 2.24) is 5.32 Å². The van der Waals surface area contributed by atoms with Gasteiger partial charge in [-0.15, -0.1) is 0 Å². The van der Waals surface area contributed by atoms with Crippen LogP contribution < -0.4 is 5.32 Å². The summed E-state index contributed by atoms with van der Waals surface area (Å²) < 4.78 is 13.6. The highest BCUT2D eigenvalue weighted by atomic mass is 35.5. The van der Waals surface area contributed by atoms with Gasteiger partial charge in [-0.2, -0.15) is 0 Å². The number of rotatable bonds is 6. The van der Waals surface area contributed by atoms with Crippen molar-refractivity contribution in [2.75, 3.05) is 6.54 Å². The lowest BCUT2D eigenvalue weighted by Crippen LogP contribution is -2.38. The molecule has 1 unspecified atom stereocenters. The van der Waals surface area contributed by atoms with Crippen molar-refractivity contribution in [3.8, 4) is 0 Å². The standard InChI is InChI=1S/C14H21ClFNO/c1-10(2)7-14(3,18)9-17-8-11-5-4-6-12(15)13(11)16/h4-6,10,17-18H,7-9H2,1-3H3. The van der Waals surface area contributed by atoms with E-state index in [0.29, 0.717) is 31.0 Å². The quantitative estimate of drug-likeness (QED) is 0.833. The van der Waals surface area contributed by atoms with Crippen molar-refractivity contribution in [3.63, 3.8) is 0 Å². The number of halogens is 2. The molecular formula is C14H21ClFNO. The highest BCUT2D eigenvalue weighted by Gasteiger charge is 2.21. The van der Waals surface area contributed by atoms with Crippen LogP contribution in [0.5, 0.6) is 0 Å². The first-order valence-corrected chi connectivity index (χ1v) is 6.55. The monoisotopic (exact) mass is 273 g/mol. The second-order valence-electron chi connectivity index (χ2n) is 5.41. The normalized spacial score (nSPS) is 14.8. The van der Waals surface area contributed by atoms with E-state index in [4.69, 9.17) is 11.6 Å². The summed E-state index contributed by atoms with van der Waals surface area (Å²) in [5.74, 6) is 0.0277. The average Bonchev–Trinajstić information content (AvgIpc) is 2.22. The summed E-state index contributed by atoms with van der Waals surface area (Å²) in [5, 5.41) is 13.3. The van der Waals surface area contributed by atoms with Crippen LogP contribution in [0.25, 0.3) is 0 Å². The Morgan fingerprint density at radius 1 is 1.44 bits per heavy atom. The number of aliphatic hydroxyl groups is 1. The Morgan fingerprint density at radius 3 is 2.72 bits per heavy atom. The highest BCUT2D eigenvalue weighted by Crippen LogP contribution is 2.18. The molecule has 102 valence electrons. The van der Waals surface area contributed by atoms with Crippen LogP contribution >= 0.6 is 11.6 Å². The molecule has 1 rings (SSSR count). The maximum Gasteiger partial charge on any atom is 0.146 e. The predicted molar refractivity (Wildman–Crippen MR) is 73.2 cm³/mol. The van der Waals surface area contributed by atoms with E-state index in [1.807, 2.05) is 0 Å². The van der Waals surface area contributed by atoms with E-state index in [1.165, 1.54) is 6.07 Å². The number of benzene rings is 1. The molecule has 0 fully saturated rings. The average molecular weight is 274 g/mol. The number of hydrogen-bond acceptors (Lipinski definition) is 2. The van der Waals surface area contributed by atoms with Crippen LogP contribution in [-0.4, -0.2) is 17.3 Å². The van der Waals surface area contributed by atoms with E-state index in [1.54, 1.807) is 19.1 Å². The molecule has 2 N–H and O–H groups in total. The van der Waals surface area contributed by atoms with Crippen molar-refractivity contribution in [2.24, 2.45) is 5.92 Å². The van der Waals surface area contributed by atoms with Crippen molar-refractivity contribution in [3.05, 3.63) is 34.6 Å². The first kappa shape index (κ1) is 15.4. The highest BCUT2D eigenvalue weighted by molar-refractivity contribution is 6.30. The smallest absolute Gasteiger partial charge is 0.146 e. The Kier molecular flexibility index (Phi) is 5.57. The van der Waals surface area contributed by atoms with Gasteiger partial charge in [0.15, 0.2) is 0 Å². The summed E-state index contributed by atoms with van der Waals surface area (Å²) in [6, 6.07) is 4.93. The minimum atomic E-state index is -0.775. The zero-order valence-corrected chi connectivity index (χ0v) is 11.9. The van der Waals surface area contributed by atoms with E-state index in [0.717, 1.165) is 0 Å². The molecule has 0 bridgehead atoms. The summed E-state index contributed by atoms with van der Waals surface area (Å²) in [5.41, 5.74) is -0.258. The third kappa shape index (κ3) is 4.92. The van der Waals surface area contributed by atoms with Gasteiger partial charge in [-0.1, -0.05) is 37.6 Å². The second-order valence-corrected chi connectivity index (χ2v) is 5.82.